The first-order chi connectivity index (χ1) is 10.1. The van der Waals surface area contributed by atoms with Crippen molar-refractivity contribution in [2.24, 2.45) is 0 Å². The smallest absolute Gasteiger partial charge is 0.175 e. The fourth-order valence-electron chi connectivity index (χ4n) is 2.31. The average molecular weight is 413 g/mol. The van der Waals surface area contributed by atoms with E-state index in [4.69, 9.17) is 9.47 Å². The van der Waals surface area contributed by atoms with Gasteiger partial charge in [-0.1, -0.05) is 15.9 Å². The van der Waals surface area contributed by atoms with Gasteiger partial charge in [-0.2, -0.15) is 0 Å². The lowest BCUT2D eigenvalue weighted by molar-refractivity contribution is 0.170. The first kappa shape index (κ1) is 14.7. The van der Waals surface area contributed by atoms with Crippen LogP contribution in [0.15, 0.2) is 39.3 Å². The van der Waals surface area contributed by atoms with Crippen LogP contribution in [-0.4, -0.2) is 13.2 Å². The summed E-state index contributed by atoms with van der Waals surface area (Å²) >= 11 is 7.06. The summed E-state index contributed by atoms with van der Waals surface area (Å²) in [5.74, 6) is 1.60. The molecule has 21 heavy (non-hydrogen) atoms. The molecule has 1 heterocycles. The molecule has 0 saturated heterocycles. The molecule has 0 unspecified atom stereocenters. The third kappa shape index (κ3) is 3.52. The Morgan fingerprint density at radius 2 is 1.86 bits per heavy atom. The Balaban J connectivity index is 1.77. The van der Waals surface area contributed by atoms with E-state index in [1.54, 1.807) is 0 Å². The maximum Gasteiger partial charge on any atom is 0.175 e. The number of fused-ring (bicyclic) bond motifs is 1. The van der Waals surface area contributed by atoms with Gasteiger partial charge in [-0.25, -0.2) is 0 Å². The monoisotopic (exact) mass is 411 g/mol. The van der Waals surface area contributed by atoms with E-state index in [2.05, 4.69) is 68.4 Å². The Morgan fingerprint density at radius 3 is 2.67 bits per heavy atom. The Kier molecular flexibility index (Phi) is 4.40. The van der Waals surface area contributed by atoms with Crippen LogP contribution in [-0.2, 0) is 6.54 Å². The zero-order chi connectivity index (χ0) is 14.8. The molecule has 0 aliphatic carbocycles. The second kappa shape index (κ2) is 6.28. The molecule has 0 aromatic heterocycles. The molecule has 0 atom stereocenters. The molecule has 3 nitrogen and oxygen atoms in total. The van der Waals surface area contributed by atoms with E-state index < -0.39 is 0 Å². The van der Waals surface area contributed by atoms with Crippen molar-refractivity contribution in [3.8, 4) is 11.5 Å². The number of anilines is 1. The van der Waals surface area contributed by atoms with Gasteiger partial charge in [0.1, 0.15) is 13.2 Å². The van der Waals surface area contributed by atoms with E-state index in [0.717, 1.165) is 38.2 Å². The highest BCUT2D eigenvalue weighted by Gasteiger charge is 2.16. The first-order valence-corrected chi connectivity index (χ1v) is 8.29. The molecule has 0 amide bonds. The molecule has 5 heteroatoms. The fraction of sp³-hybridized carbons (Fsp3) is 0.250. The van der Waals surface area contributed by atoms with Crippen LogP contribution in [0.1, 0.15) is 11.1 Å². The fourth-order valence-corrected chi connectivity index (χ4v) is 3.52. The number of hydrogen-bond donors (Lipinski definition) is 1. The van der Waals surface area contributed by atoms with E-state index in [9.17, 15) is 0 Å². The summed E-state index contributed by atoms with van der Waals surface area (Å²) in [5.41, 5.74) is 3.45. The zero-order valence-electron chi connectivity index (χ0n) is 11.6. The van der Waals surface area contributed by atoms with Crippen molar-refractivity contribution in [2.45, 2.75) is 13.5 Å². The molecule has 1 aliphatic heterocycles. The van der Waals surface area contributed by atoms with Crippen LogP contribution in [0.3, 0.4) is 0 Å². The van der Waals surface area contributed by atoms with Gasteiger partial charge in [-0.15, -0.1) is 0 Å². The van der Waals surface area contributed by atoms with Crippen molar-refractivity contribution in [1.82, 2.24) is 0 Å². The number of benzene rings is 2. The third-order valence-corrected chi connectivity index (χ3v) is 4.24. The molecule has 0 saturated carbocycles. The van der Waals surface area contributed by atoms with Gasteiger partial charge in [0.25, 0.3) is 0 Å². The summed E-state index contributed by atoms with van der Waals surface area (Å²) in [6.07, 6.45) is 0. The maximum absolute atomic E-state index is 5.64. The third-order valence-electron chi connectivity index (χ3n) is 3.20. The molecular weight excluding hydrogens is 398 g/mol. The second-order valence-electron chi connectivity index (χ2n) is 4.97. The molecule has 0 fully saturated rings. The normalized spacial score (nSPS) is 13.1. The van der Waals surface area contributed by atoms with Crippen LogP contribution >= 0.6 is 31.9 Å². The predicted molar refractivity (Wildman–Crippen MR) is 91.3 cm³/mol. The van der Waals surface area contributed by atoms with E-state index in [-0.39, 0.29) is 0 Å². The van der Waals surface area contributed by atoms with Crippen molar-refractivity contribution in [2.75, 3.05) is 18.5 Å². The van der Waals surface area contributed by atoms with Gasteiger partial charge in [-0.05, 0) is 64.3 Å². The summed E-state index contributed by atoms with van der Waals surface area (Å²) in [7, 11) is 0. The molecule has 110 valence electrons. The van der Waals surface area contributed by atoms with Gasteiger partial charge in [0.15, 0.2) is 11.5 Å². The predicted octanol–water partition coefficient (Wildman–Crippen LogP) is 4.90. The SMILES string of the molecule is Cc1cc(Br)cc(NCc2cc(Br)c3c(c2)OCCO3)c1. The van der Waals surface area contributed by atoms with Crippen molar-refractivity contribution >= 4 is 37.5 Å². The molecule has 0 bridgehead atoms. The summed E-state index contributed by atoms with van der Waals surface area (Å²) in [6, 6.07) is 10.4. The van der Waals surface area contributed by atoms with Crippen LogP contribution in [0, 0.1) is 6.92 Å². The number of nitrogens with one attached hydrogen (secondary N) is 1. The molecule has 0 radical (unpaired) electrons. The Labute approximate surface area is 140 Å². The summed E-state index contributed by atoms with van der Waals surface area (Å²) in [6.45, 7) is 4.00. The highest BCUT2D eigenvalue weighted by molar-refractivity contribution is 9.10. The molecule has 0 spiro atoms. The van der Waals surface area contributed by atoms with Crippen LogP contribution in [0.2, 0.25) is 0 Å². The van der Waals surface area contributed by atoms with Gasteiger partial charge < -0.3 is 14.8 Å². The minimum atomic E-state index is 0.598. The Morgan fingerprint density at radius 1 is 1.05 bits per heavy atom. The van der Waals surface area contributed by atoms with Gasteiger partial charge >= 0.3 is 0 Å². The molecule has 2 aromatic rings. The molecule has 3 rings (SSSR count). The number of rotatable bonds is 3. The molecule has 1 aliphatic rings. The van der Waals surface area contributed by atoms with Crippen LogP contribution in [0.4, 0.5) is 5.69 Å². The topological polar surface area (TPSA) is 30.5 Å². The number of halogens is 2. The van der Waals surface area contributed by atoms with E-state index in [1.807, 2.05) is 6.07 Å². The van der Waals surface area contributed by atoms with E-state index in [1.165, 1.54) is 5.56 Å². The quantitative estimate of drug-likeness (QED) is 0.777. The highest BCUT2D eigenvalue weighted by Crippen LogP contribution is 2.38. The van der Waals surface area contributed by atoms with Crippen molar-refractivity contribution in [3.05, 3.63) is 50.4 Å². The highest BCUT2D eigenvalue weighted by atomic mass is 79.9. The van der Waals surface area contributed by atoms with E-state index >= 15 is 0 Å². The van der Waals surface area contributed by atoms with Gasteiger partial charge in [0.05, 0.1) is 4.47 Å². The number of aryl methyl sites for hydroxylation is 1. The van der Waals surface area contributed by atoms with Crippen LogP contribution in [0.25, 0.3) is 0 Å². The Hall–Kier alpha value is -1.20. The zero-order valence-corrected chi connectivity index (χ0v) is 14.8. The standard InChI is InChI=1S/C16H15Br2NO2/c1-10-4-12(17)8-13(5-10)19-9-11-6-14(18)16-15(7-11)20-2-3-21-16/h4-8,19H,2-3,9H2,1H3. The minimum Gasteiger partial charge on any atom is -0.486 e. The lowest BCUT2D eigenvalue weighted by Gasteiger charge is -2.20. The summed E-state index contributed by atoms with van der Waals surface area (Å²) in [4.78, 5) is 0. The second-order valence-corrected chi connectivity index (χ2v) is 6.74. The van der Waals surface area contributed by atoms with Crippen molar-refractivity contribution in [1.29, 1.82) is 0 Å². The molecule has 2 aromatic carbocycles. The van der Waals surface area contributed by atoms with Crippen LogP contribution < -0.4 is 14.8 Å². The lowest BCUT2D eigenvalue weighted by atomic mass is 10.1. The van der Waals surface area contributed by atoms with Crippen molar-refractivity contribution in [3.63, 3.8) is 0 Å². The largest absolute Gasteiger partial charge is 0.486 e. The maximum atomic E-state index is 5.64. The van der Waals surface area contributed by atoms with Crippen LogP contribution in [0.5, 0.6) is 11.5 Å². The minimum absolute atomic E-state index is 0.598. The van der Waals surface area contributed by atoms with Gasteiger partial charge in [-0.3, -0.25) is 0 Å². The molecular formula is C16H15Br2NO2. The number of hydrogen-bond acceptors (Lipinski definition) is 3. The van der Waals surface area contributed by atoms with Gasteiger partial charge in [0, 0.05) is 16.7 Å². The number of ether oxygens (including phenoxy) is 2. The first-order valence-electron chi connectivity index (χ1n) is 6.71. The van der Waals surface area contributed by atoms with Crippen molar-refractivity contribution < 1.29 is 9.47 Å². The molecule has 1 N–H and O–H groups in total. The summed E-state index contributed by atoms with van der Waals surface area (Å²) in [5, 5.41) is 3.43. The average Bonchev–Trinajstić information content (AvgIpc) is 2.44. The van der Waals surface area contributed by atoms with E-state index in [0.29, 0.717) is 13.2 Å². The van der Waals surface area contributed by atoms with Gasteiger partial charge in [0.2, 0.25) is 0 Å². The lowest BCUT2D eigenvalue weighted by Crippen LogP contribution is -2.16. The summed E-state index contributed by atoms with van der Waals surface area (Å²) < 4.78 is 13.3. The Bertz CT molecular complexity index is 653.